The van der Waals surface area contributed by atoms with Crippen LogP contribution in [0.4, 0.5) is 0 Å². The minimum atomic E-state index is -0.425. The summed E-state index contributed by atoms with van der Waals surface area (Å²) in [4.78, 5) is 21.2. The number of carbonyl (C=O) groups excluding carboxylic acids is 2. The average Bonchev–Trinajstić information content (AvgIpc) is 2.30. The second kappa shape index (κ2) is 6.32. The Morgan fingerprint density at radius 2 is 1.80 bits per heavy atom. The minimum Gasteiger partial charge on any atom is -0.431 e. The van der Waals surface area contributed by atoms with Crippen molar-refractivity contribution in [2.24, 2.45) is 0 Å². The molecule has 76 valence electrons. The Labute approximate surface area is 87.7 Å². The van der Waals surface area contributed by atoms with Gasteiger partial charge in [-0.15, -0.1) is 0 Å². The number of aldehydes is 1. The lowest BCUT2D eigenvalue weighted by atomic mass is 10.2. The molecule has 1 aromatic rings. The van der Waals surface area contributed by atoms with Gasteiger partial charge in [0.2, 0.25) is 0 Å². The Morgan fingerprint density at radius 1 is 1.07 bits per heavy atom. The molecule has 0 spiro atoms. The first-order valence-electron chi connectivity index (χ1n) is 4.37. The van der Waals surface area contributed by atoms with Crippen molar-refractivity contribution >= 4 is 12.3 Å². The summed E-state index contributed by atoms with van der Waals surface area (Å²) < 4.78 is 4.79. The van der Waals surface area contributed by atoms with Gasteiger partial charge >= 0.3 is 5.97 Å². The fraction of sp³-hybridized carbons (Fsp3) is 0. The van der Waals surface area contributed by atoms with Gasteiger partial charge in [-0.25, -0.2) is 4.79 Å². The van der Waals surface area contributed by atoms with Crippen molar-refractivity contribution in [3.05, 3.63) is 60.4 Å². The lowest BCUT2D eigenvalue weighted by molar-refractivity contribution is -0.104. The van der Waals surface area contributed by atoms with Crippen molar-refractivity contribution in [2.45, 2.75) is 0 Å². The highest BCUT2D eigenvalue weighted by molar-refractivity contribution is 5.89. The summed E-state index contributed by atoms with van der Waals surface area (Å²) in [5.74, 6) is -0.425. The van der Waals surface area contributed by atoms with Gasteiger partial charge < -0.3 is 4.74 Å². The zero-order valence-electron chi connectivity index (χ0n) is 8.00. The second-order valence-electron chi connectivity index (χ2n) is 2.62. The highest BCUT2D eigenvalue weighted by Gasteiger charge is 2.02. The monoisotopic (exact) mass is 202 g/mol. The highest BCUT2D eigenvalue weighted by atomic mass is 16.5. The van der Waals surface area contributed by atoms with E-state index < -0.39 is 5.97 Å². The maximum atomic E-state index is 11.3. The molecule has 0 amide bonds. The first kappa shape index (κ1) is 10.9. The third-order valence-corrected chi connectivity index (χ3v) is 1.56. The van der Waals surface area contributed by atoms with Gasteiger partial charge in [0, 0.05) is 0 Å². The van der Waals surface area contributed by atoms with Crippen LogP contribution in [-0.4, -0.2) is 12.3 Å². The smallest absolute Gasteiger partial charge is 0.342 e. The molecule has 0 atom stereocenters. The molecule has 0 radical (unpaired) electrons. The molecule has 0 heterocycles. The predicted octanol–water partition coefficient (Wildman–Crippen LogP) is 2.11. The number of hydrogen-bond acceptors (Lipinski definition) is 3. The van der Waals surface area contributed by atoms with E-state index in [-0.39, 0.29) is 0 Å². The van der Waals surface area contributed by atoms with Gasteiger partial charge in [-0.3, -0.25) is 4.79 Å². The number of esters is 1. The molecule has 0 bridgehead atoms. The van der Waals surface area contributed by atoms with Crippen LogP contribution in [0, 0.1) is 0 Å². The molecule has 0 aromatic heterocycles. The molecule has 3 nitrogen and oxygen atoms in total. The quantitative estimate of drug-likeness (QED) is 0.247. The van der Waals surface area contributed by atoms with E-state index >= 15 is 0 Å². The summed E-state index contributed by atoms with van der Waals surface area (Å²) in [5, 5.41) is 0. The fourth-order valence-corrected chi connectivity index (χ4v) is 0.898. The number of hydrogen-bond donors (Lipinski definition) is 0. The van der Waals surface area contributed by atoms with Gasteiger partial charge in [0.25, 0.3) is 0 Å². The Morgan fingerprint density at radius 3 is 2.47 bits per heavy atom. The largest absolute Gasteiger partial charge is 0.431 e. The van der Waals surface area contributed by atoms with Crippen molar-refractivity contribution in [2.75, 3.05) is 0 Å². The van der Waals surface area contributed by atoms with Gasteiger partial charge in [0.15, 0.2) is 0 Å². The molecule has 0 aliphatic carbocycles. The van der Waals surface area contributed by atoms with Crippen LogP contribution in [0.15, 0.2) is 54.8 Å². The zero-order valence-corrected chi connectivity index (χ0v) is 8.00. The number of benzene rings is 1. The summed E-state index contributed by atoms with van der Waals surface area (Å²) in [7, 11) is 0. The van der Waals surface area contributed by atoms with E-state index in [9.17, 15) is 9.59 Å². The van der Waals surface area contributed by atoms with Crippen molar-refractivity contribution in [3.8, 4) is 0 Å². The Hall–Kier alpha value is -2.16. The van der Waals surface area contributed by atoms with E-state index in [0.717, 1.165) is 0 Å². The topological polar surface area (TPSA) is 43.4 Å². The van der Waals surface area contributed by atoms with Crippen molar-refractivity contribution in [1.29, 1.82) is 0 Å². The molecule has 0 aliphatic rings. The van der Waals surface area contributed by atoms with E-state index in [1.54, 1.807) is 24.3 Å². The summed E-state index contributed by atoms with van der Waals surface area (Å²) in [6.45, 7) is 0. The first-order valence-corrected chi connectivity index (χ1v) is 4.37. The van der Waals surface area contributed by atoms with Crippen molar-refractivity contribution < 1.29 is 14.3 Å². The van der Waals surface area contributed by atoms with Crippen LogP contribution in [0.1, 0.15) is 10.4 Å². The summed E-state index contributed by atoms with van der Waals surface area (Å²) in [6.07, 6.45) is 6.12. The number of carbonyl (C=O) groups is 2. The summed E-state index contributed by atoms with van der Waals surface area (Å²) in [6, 6.07) is 8.66. The Bertz CT molecular complexity index is 377. The zero-order chi connectivity index (χ0) is 10.9. The van der Waals surface area contributed by atoms with Crippen LogP contribution in [0.2, 0.25) is 0 Å². The van der Waals surface area contributed by atoms with Crippen LogP contribution in [0.25, 0.3) is 0 Å². The Balaban J connectivity index is 2.47. The summed E-state index contributed by atoms with van der Waals surface area (Å²) >= 11 is 0. The van der Waals surface area contributed by atoms with Crippen LogP contribution in [0.3, 0.4) is 0 Å². The fourth-order valence-electron chi connectivity index (χ4n) is 0.898. The molecule has 0 saturated carbocycles. The third-order valence-electron chi connectivity index (χ3n) is 1.56. The van der Waals surface area contributed by atoms with E-state index in [1.807, 2.05) is 6.07 Å². The Kier molecular flexibility index (Phi) is 4.60. The van der Waals surface area contributed by atoms with E-state index in [4.69, 9.17) is 4.74 Å². The van der Waals surface area contributed by atoms with Crippen molar-refractivity contribution in [1.82, 2.24) is 0 Å². The molecule has 0 fully saturated rings. The maximum absolute atomic E-state index is 11.3. The SMILES string of the molecule is O=C/C=C/C=C/OC(=O)c1ccccc1. The third kappa shape index (κ3) is 4.04. The summed E-state index contributed by atoms with van der Waals surface area (Å²) in [5.41, 5.74) is 0.488. The van der Waals surface area contributed by atoms with E-state index in [2.05, 4.69) is 0 Å². The molecular weight excluding hydrogens is 192 g/mol. The van der Waals surface area contributed by atoms with Gasteiger partial charge in [0.05, 0.1) is 11.8 Å². The molecule has 15 heavy (non-hydrogen) atoms. The lowest BCUT2D eigenvalue weighted by Crippen LogP contribution is -1.99. The lowest BCUT2D eigenvalue weighted by Gasteiger charge is -1.97. The molecule has 0 aliphatic heterocycles. The predicted molar refractivity (Wildman–Crippen MR) is 56.2 cm³/mol. The van der Waals surface area contributed by atoms with Crippen LogP contribution >= 0.6 is 0 Å². The van der Waals surface area contributed by atoms with Gasteiger partial charge in [0.1, 0.15) is 6.29 Å². The second-order valence-corrected chi connectivity index (χ2v) is 2.62. The average molecular weight is 202 g/mol. The van der Waals surface area contributed by atoms with Crippen molar-refractivity contribution in [3.63, 3.8) is 0 Å². The van der Waals surface area contributed by atoms with Crippen LogP contribution in [0.5, 0.6) is 0 Å². The molecular formula is C12H10O3. The minimum absolute atomic E-state index is 0.425. The highest BCUT2D eigenvalue weighted by Crippen LogP contribution is 2.00. The molecule has 0 saturated heterocycles. The number of rotatable bonds is 4. The molecule has 3 heteroatoms. The molecule has 0 N–H and O–H groups in total. The normalized spacial score (nSPS) is 10.7. The molecule has 0 unspecified atom stereocenters. The van der Waals surface area contributed by atoms with Gasteiger partial charge in [-0.1, -0.05) is 24.3 Å². The van der Waals surface area contributed by atoms with Gasteiger partial charge in [-0.05, 0) is 24.3 Å². The van der Waals surface area contributed by atoms with E-state index in [1.165, 1.54) is 24.5 Å². The van der Waals surface area contributed by atoms with E-state index in [0.29, 0.717) is 11.8 Å². The standard InChI is InChI=1S/C12H10O3/c13-9-5-2-6-10-15-12(14)11-7-3-1-4-8-11/h1-10H/b5-2+,10-6+. The maximum Gasteiger partial charge on any atom is 0.342 e. The first-order chi connectivity index (χ1) is 7.34. The van der Waals surface area contributed by atoms with Crippen LogP contribution < -0.4 is 0 Å². The number of allylic oxidation sites excluding steroid dienone is 3. The van der Waals surface area contributed by atoms with Gasteiger partial charge in [-0.2, -0.15) is 0 Å². The van der Waals surface area contributed by atoms with Crippen LogP contribution in [-0.2, 0) is 9.53 Å². The molecule has 1 aromatic carbocycles. The molecule has 1 rings (SSSR count). The number of ether oxygens (including phenoxy) is 1.